The zero-order chi connectivity index (χ0) is 20.4. The molecule has 2 heterocycles. The molecule has 0 aliphatic heterocycles. The van der Waals surface area contributed by atoms with E-state index in [-0.39, 0.29) is 18.6 Å². The molecule has 0 unspecified atom stereocenters. The molecular weight excluding hydrogens is 414 g/mol. The highest BCUT2D eigenvalue weighted by atomic mass is 32.2. The van der Waals surface area contributed by atoms with Gasteiger partial charge in [-0.3, -0.25) is 4.18 Å². The molecule has 1 aliphatic carbocycles. The molecular formula is C18H21N5O4S2. The Kier molecular flexibility index (Phi) is 5.72. The summed E-state index contributed by atoms with van der Waals surface area (Å²) < 4.78 is 32.7. The Morgan fingerprint density at radius 2 is 2.17 bits per heavy atom. The van der Waals surface area contributed by atoms with Gasteiger partial charge >= 0.3 is 10.3 Å². The lowest BCUT2D eigenvalue weighted by Gasteiger charge is -2.13. The summed E-state index contributed by atoms with van der Waals surface area (Å²) in [6.45, 7) is 2.11. The van der Waals surface area contributed by atoms with Crippen molar-refractivity contribution in [2.75, 3.05) is 6.61 Å². The second-order valence-electron chi connectivity index (χ2n) is 7.03. The van der Waals surface area contributed by atoms with Crippen molar-refractivity contribution in [1.82, 2.24) is 19.9 Å². The molecule has 4 rings (SSSR count). The number of nitrogens with zero attached hydrogens (tertiary/aromatic N) is 3. The summed E-state index contributed by atoms with van der Waals surface area (Å²) >= 11 is 1.51. The van der Waals surface area contributed by atoms with Gasteiger partial charge in [0, 0.05) is 4.90 Å². The fourth-order valence-electron chi connectivity index (χ4n) is 3.35. The third kappa shape index (κ3) is 5.24. The summed E-state index contributed by atoms with van der Waals surface area (Å²) in [5.74, 6) is 0.515. The molecule has 0 amide bonds. The summed E-state index contributed by atoms with van der Waals surface area (Å²) in [6, 6.07) is 8.16. The number of rotatable bonds is 7. The van der Waals surface area contributed by atoms with E-state index in [1.807, 2.05) is 25.1 Å². The van der Waals surface area contributed by atoms with Crippen molar-refractivity contribution in [1.29, 1.82) is 0 Å². The van der Waals surface area contributed by atoms with Crippen LogP contribution in [-0.4, -0.2) is 41.1 Å². The molecule has 1 fully saturated rings. The molecule has 1 aliphatic rings. The number of aromatic nitrogens is 4. The molecule has 2 atom stereocenters. The van der Waals surface area contributed by atoms with Gasteiger partial charge in [-0.2, -0.15) is 13.4 Å². The van der Waals surface area contributed by atoms with Crippen molar-refractivity contribution >= 4 is 33.2 Å². The average molecular weight is 436 g/mol. The molecule has 154 valence electrons. The number of H-pyrrole nitrogens is 1. The Morgan fingerprint density at radius 1 is 1.31 bits per heavy atom. The Bertz CT molecular complexity index is 1120. The molecule has 0 bridgehead atoms. The lowest BCUT2D eigenvalue weighted by Crippen LogP contribution is -2.20. The number of aromatic amines is 1. The Morgan fingerprint density at radius 3 is 2.97 bits per heavy atom. The Labute approximate surface area is 172 Å². The normalized spacial score (nSPS) is 19.7. The summed E-state index contributed by atoms with van der Waals surface area (Å²) in [5, 5.41) is 5.60. The Balaban J connectivity index is 1.45. The maximum absolute atomic E-state index is 11.0. The third-order valence-electron chi connectivity index (χ3n) is 4.68. The number of nitrogens with one attached hydrogen (secondary N) is 1. The standard InChI is InChI=1S/C18H21N5O4S2/c1-11-3-2-4-14(7-11)28-18-22-15-16(23-18)20-10-21-17(15)27-13-6-5-12(8-13)9-26-29(19,24)25/h2-4,7,10,12-13H,5-6,8-9H2,1H3,(H2,19,24,25)(H,20,21,22,23)/t12-,13-/m0/s1. The van der Waals surface area contributed by atoms with Gasteiger partial charge in [-0.25, -0.2) is 15.1 Å². The number of hydrogen-bond donors (Lipinski definition) is 2. The molecule has 3 N–H and O–H groups in total. The van der Waals surface area contributed by atoms with E-state index in [9.17, 15) is 8.42 Å². The molecule has 11 heteroatoms. The number of fused-ring (bicyclic) bond motifs is 1. The minimum Gasteiger partial charge on any atom is -0.473 e. The fraction of sp³-hybridized carbons (Fsp3) is 0.389. The molecule has 9 nitrogen and oxygen atoms in total. The van der Waals surface area contributed by atoms with Gasteiger partial charge in [-0.15, -0.1) is 0 Å². The first-order valence-electron chi connectivity index (χ1n) is 9.15. The third-order valence-corrected chi connectivity index (χ3v) is 6.02. The van der Waals surface area contributed by atoms with Crippen molar-refractivity contribution in [3.8, 4) is 5.88 Å². The Hall–Kier alpha value is -2.21. The molecule has 0 spiro atoms. The summed E-state index contributed by atoms with van der Waals surface area (Å²) in [5.41, 5.74) is 2.36. The lowest BCUT2D eigenvalue weighted by atomic mass is 10.1. The van der Waals surface area contributed by atoms with Gasteiger partial charge in [-0.1, -0.05) is 29.5 Å². The van der Waals surface area contributed by atoms with Gasteiger partial charge in [0.25, 0.3) is 0 Å². The minimum absolute atomic E-state index is 0.0687. The van der Waals surface area contributed by atoms with E-state index < -0.39 is 10.3 Å². The van der Waals surface area contributed by atoms with Crippen LogP contribution in [0, 0.1) is 12.8 Å². The van der Waals surface area contributed by atoms with E-state index in [4.69, 9.17) is 14.1 Å². The molecule has 1 aromatic carbocycles. The quantitative estimate of drug-likeness (QED) is 0.578. The van der Waals surface area contributed by atoms with Crippen molar-refractivity contribution in [3.63, 3.8) is 0 Å². The molecule has 3 aromatic rings. The first-order chi connectivity index (χ1) is 13.9. The average Bonchev–Trinajstić information content (AvgIpc) is 3.26. The van der Waals surface area contributed by atoms with Crippen molar-refractivity contribution in [2.45, 2.75) is 42.3 Å². The number of hydrogen-bond acceptors (Lipinski definition) is 8. The highest BCUT2D eigenvalue weighted by Gasteiger charge is 2.28. The largest absolute Gasteiger partial charge is 0.473 e. The number of nitrogens with two attached hydrogens (primary N) is 1. The van der Waals surface area contributed by atoms with E-state index in [0.717, 1.165) is 17.7 Å². The van der Waals surface area contributed by atoms with Crippen LogP contribution < -0.4 is 9.88 Å². The summed E-state index contributed by atoms with van der Waals surface area (Å²) in [7, 11) is -3.92. The van der Waals surface area contributed by atoms with Crippen LogP contribution in [0.25, 0.3) is 11.2 Å². The molecule has 2 aromatic heterocycles. The number of imidazole rings is 1. The summed E-state index contributed by atoms with van der Waals surface area (Å²) in [4.78, 5) is 17.3. The predicted octanol–water partition coefficient (Wildman–Crippen LogP) is 2.58. The zero-order valence-electron chi connectivity index (χ0n) is 15.7. The zero-order valence-corrected chi connectivity index (χ0v) is 17.4. The van der Waals surface area contributed by atoms with Crippen LogP contribution in [-0.2, 0) is 14.5 Å². The van der Waals surface area contributed by atoms with Crippen LogP contribution in [0.1, 0.15) is 24.8 Å². The molecule has 0 radical (unpaired) electrons. The van der Waals surface area contributed by atoms with Gasteiger partial charge < -0.3 is 9.72 Å². The summed E-state index contributed by atoms with van der Waals surface area (Å²) in [6.07, 6.45) is 3.59. The number of benzene rings is 1. The highest BCUT2D eigenvalue weighted by molar-refractivity contribution is 7.99. The predicted molar refractivity (Wildman–Crippen MR) is 108 cm³/mol. The van der Waals surface area contributed by atoms with Gasteiger partial charge in [-0.05, 0) is 44.2 Å². The topological polar surface area (TPSA) is 133 Å². The monoisotopic (exact) mass is 435 g/mol. The van der Waals surface area contributed by atoms with Crippen LogP contribution in [0.5, 0.6) is 5.88 Å². The second-order valence-corrected chi connectivity index (χ2v) is 9.32. The van der Waals surface area contributed by atoms with E-state index in [2.05, 4.69) is 26.0 Å². The second kappa shape index (κ2) is 8.27. The number of ether oxygens (including phenoxy) is 1. The van der Waals surface area contributed by atoms with Crippen molar-refractivity contribution in [2.24, 2.45) is 11.1 Å². The van der Waals surface area contributed by atoms with Crippen molar-refractivity contribution in [3.05, 3.63) is 36.2 Å². The smallest absolute Gasteiger partial charge is 0.333 e. The van der Waals surface area contributed by atoms with Gasteiger partial charge in [0.05, 0.1) is 6.61 Å². The van der Waals surface area contributed by atoms with Crippen molar-refractivity contribution < 1.29 is 17.3 Å². The maximum atomic E-state index is 11.0. The molecule has 29 heavy (non-hydrogen) atoms. The number of aryl methyl sites for hydroxylation is 1. The van der Waals surface area contributed by atoms with E-state index in [1.54, 1.807) is 0 Å². The van der Waals surface area contributed by atoms with E-state index in [0.29, 0.717) is 28.6 Å². The van der Waals surface area contributed by atoms with E-state index in [1.165, 1.54) is 23.7 Å². The SMILES string of the molecule is Cc1cccc(Sc2nc3ncnc(O[C@H]4CC[C@H](COS(N)(=O)=O)C4)c3[nH]2)c1. The first-order valence-corrected chi connectivity index (χ1v) is 11.4. The minimum atomic E-state index is -3.92. The van der Waals surface area contributed by atoms with Crippen LogP contribution in [0.15, 0.2) is 40.6 Å². The van der Waals surface area contributed by atoms with Gasteiger partial charge in [0.15, 0.2) is 10.8 Å². The molecule has 1 saturated carbocycles. The van der Waals surface area contributed by atoms with Crippen LogP contribution in [0.2, 0.25) is 0 Å². The lowest BCUT2D eigenvalue weighted by molar-refractivity contribution is 0.186. The molecule has 0 saturated heterocycles. The van der Waals surface area contributed by atoms with Crippen LogP contribution >= 0.6 is 11.8 Å². The van der Waals surface area contributed by atoms with E-state index >= 15 is 0 Å². The van der Waals surface area contributed by atoms with Gasteiger partial charge in [0.2, 0.25) is 5.88 Å². The van der Waals surface area contributed by atoms with Gasteiger partial charge in [0.1, 0.15) is 17.9 Å². The highest BCUT2D eigenvalue weighted by Crippen LogP contribution is 2.33. The van der Waals surface area contributed by atoms with Crippen LogP contribution in [0.4, 0.5) is 0 Å². The van der Waals surface area contributed by atoms with Crippen LogP contribution in [0.3, 0.4) is 0 Å². The first kappa shape index (κ1) is 20.1. The maximum Gasteiger partial charge on any atom is 0.333 e. The fourth-order valence-corrected chi connectivity index (χ4v) is 4.63.